The Morgan fingerprint density at radius 1 is 0.444 bits per heavy atom. The number of hydrogen-bond donors (Lipinski definition) is 0. The minimum Gasteiger partial charge on any atom is -0.310 e. The molecule has 0 saturated heterocycles. The third kappa shape index (κ3) is 5.58. The lowest BCUT2D eigenvalue weighted by atomic mass is 9.56. The van der Waals surface area contributed by atoms with Crippen molar-refractivity contribution in [3.63, 3.8) is 0 Å². The maximum Gasteiger partial charge on any atom is 0.0718 e. The van der Waals surface area contributed by atoms with Gasteiger partial charge < -0.3 is 9.47 Å². The molecule has 81 heavy (non-hydrogen) atoms. The fraction of sp³-hybridized carbons (Fsp3) is 0.139. The van der Waals surface area contributed by atoms with E-state index in [0.29, 0.717) is 0 Å². The molecule has 0 N–H and O–H groups in total. The number of para-hydroxylation sites is 1. The third-order valence-corrected chi connectivity index (χ3v) is 20.6. The Bertz CT molecular complexity index is 4850. The molecule has 4 bridgehead atoms. The summed E-state index contributed by atoms with van der Waals surface area (Å²) < 4.78 is 2.63. The van der Waals surface area contributed by atoms with Crippen molar-refractivity contribution in [3.05, 3.63) is 303 Å². The molecule has 2 spiro atoms. The zero-order chi connectivity index (χ0) is 54.1. The van der Waals surface area contributed by atoms with Crippen LogP contribution in [0.3, 0.4) is 0 Å². The van der Waals surface area contributed by atoms with Crippen LogP contribution in [0.1, 0.15) is 95.3 Å². The molecular weight excluding hydrogens is 977 g/mol. The number of aryl methyl sites for hydroxylation is 2. The lowest BCUT2D eigenvalue weighted by Crippen LogP contribution is -2.39. The van der Waals surface area contributed by atoms with E-state index in [4.69, 9.17) is 0 Å². The molecule has 0 amide bonds. The van der Waals surface area contributed by atoms with Gasteiger partial charge in [-0.2, -0.15) is 0 Å². The average Bonchev–Trinajstić information content (AvgIpc) is 3.73. The average molecular weight is 1040 g/mol. The molecule has 2 heteroatoms. The predicted molar refractivity (Wildman–Crippen MR) is 337 cm³/mol. The minimum atomic E-state index is -0.541. The summed E-state index contributed by atoms with van der Waals surface area (Å²) >= 11 is 0. The fourth-order valence-corrected chi connectivity index (χ4v) is 16.9. The van der Waals surface area contributed by atoms with Gasteiger partial charge in [-0.1, -0.05) is 203 Å². The number of nitrogens with zero attached hydrogens (tertiary/aromatic N) is 2. The standard InChI is InChI=1S/C79H58N2/c1-46-25-34-72-60(38-46)61-40-51-42-69-75(61)81(72)73-35-28-50(41-67(73)79(69)63-22-14-11-20-56(63)58-36-37-78(45-70(58)79)64(51)44-68-74(78)59-32-24-47(2)39-65(59)77(68,5)6)48-26-29-52(30-27-48)80(71-23-15-12-18-54(71)49-16-8-7-9-17-49)53-31-33-57-55-19-10-13-21-62(55)76(3,4)66(57)43-53/h7-44H,45H2,1-6H3. The van der Waals surface area contributed by atoms with Gasteiger partial charge >= 0.3 is 0 Å². The summed E-state index contributed by atoms with van der Waals surface area (Å²) in [5, 5.41) is 2.66. The summed E-state index contributed by atoms with van der Waals surface area (Å²) in [5.41, 5.74) is 36.0. The van der Waals surface area contributed by atoms with Crippen molar-refractivity contribution in [1.29, 1.82) is 0 Å². The van der Waals surface area contributed by atoms with Crippen LogP contribution < -0.4 is 4.90 Å². The highest BCUT2D eigenvalue weighted by Crippen LogP contribution is 2.72. The number of fused-ring (bicyclic) bond motifs is 14. The Morgan fingerprint density at radius 2 is 1.11 bits per heavy atom. The van der Waals surface area contributed by atoms with E-state index in [1.54, 1.807) is 0 Å². The van der Waals surface area contributed by atoms with Crippen LogP contribution in [0.25, 0.3) is 77.6 Å². The van der Waals surface area contributed by atoms with E-state index in [1.807, 2.05) is 0 Å². The number of rotatable bonds is 5. The van der Waals surface area contributed by atoms with E-state index in [9.17, 15) is 0 Å². The highest BCUT2D eigenvalue weighted by atomic mass is 15.1. The van der Waals surface area contributed by atoms with Crippen molar-refractivity contribution in [2.24, 2.45) is 5.41 Å². The normalized spacial score (nSPS) is 19.9. The minimum absolute atomic E-state index is 0.129. The van der Waals surface area contributed by atoms with Crippen LogP contribution in [0.2, 0.25) is 0 Å². The lowest BCUT2D eigenvalue weighted by molar-refractivity contribution is 0.584. The molecule has 11 aromatic rings. The van der Waals surface area contributed by atoms with E-state index >= 15 is 0 Å². The van der Waals surface area contributed by atoms with Gasteiger partial charge in [0.15, 0.2) is 0 Å². The largest absolute Gasteiger partial charge is 0.310 e. The first-order valence-corrected chi connectivity index (χ1v) is 29.1. The van der Waals surface area contributed by atoms with Crippen molar-refractivity contribution in [2.75, 3.05) is 4.90 Å². The summed E-state index contributed by atoms with van der Waals surface area (Å²) in [6.07, 6.45) is 8.74. The number of anilines is 3. The molecule has 2 heterocycles. The van der Waals surface area contributed by atoms with Gasteiger partial charge in [-0.3, -0.25) is 0 Å². The molecule has 2 atom stereocenters. The zero-order valence-corrected chi connectivity index (χ0v) is 46.5. The van der Waals surface area contributed by atoms with Crippen LogP contribution in [0, 0.1) is 19.3 Å². The maximum absolute atomic E-state index is 2.65. The van der Waals surface area contributed by atoms with Crippen LogP contribution in [-0.4, -0.2) is 4.57 Å². The first-order chi connectivity index (χ1) is 39.4. The van der Waals surface area contributed by atoms with Crippen LogP contribution in [0.4, 0.5) is 17.1 Å². The number of hydrogen-bond acceptors (Lipinski definition) is 1. The molecule has 0 fully saturated rings. The van der Waals surface area contributed by atoms with Crippen molar-refractivity contribution in [2.45, 2.75) is 64.2 Å². The van der Waals surface area contributed by atoms with Gasteiger partial charge in [0.1, 0.15) is 0 Å². The SMILES string of the molecule is Cc1ccc2c(c1)C(C)(C)C1=C2C23C=CC4=C(C2)C2(c5ccccc54)c4cc(-c5ccc(N(c6ccc7c(c6)C(C)(C)c6ccccc6-7)c6ccccc6-c6ccccc6)cc5)ccc4-n4c5ccc(C)cc5c5cc(cc2c54)C3=C1. The topological polar surface area (TPSA) is 8.17 Å². The van der Waals surface area contributed by atoms with Crippen molar-refractivity contribution in [3.8, 4) is 39.1 Å². The molecule has 2 unspecified atom stereocenters. The first kappa shape index (κ1) is 45.6. The van der Waals surface area contributed by atoms with Gasteiger partial charge in [0, 0.05) is 44.0 Å². The van der Waals surface area contributed by atoms with E-state index in [0.717, 1.165) is 23.5 Å². The lowest BCUT2D eigenvalue weighted by Gasteiger charge is -2.47. The smallest absolute Gasteiger partial charge is 0.0718 e. The molecular formula is C79H58N2. The molecule has 10 aromatic carbocycles. The Kier molecular flexibility index (Phi) is 8.64. The van der Waals surface area contributed by atoms with Gasteiger partial charge in [-0.25, -0.2) is 0 Å². The molecule has 18 rings (SSSR count). The molecule has 2 nitrogen and oxygen atoms in total. The third-order valence-electron chi connectivity index (χ3n) is 20.6. The molecule has 1 aromatic heterocycles. The van der Waals surface area contributed by atoms with Crippen molar-refractivity contribution < 1.29 is 0 Å². The Hall–Kier alpha value is -9.24. The number of allylic oxidation sites excluding steroid dienone is 8. The summed E-state index contributed by atoms with van der Waals surface area (Å²) in [6, 6.07) is 81.8. The maximum atomic E-state index is 2.65. The molecule has 1 aliphatic heterocycles. The second kappa shape index (κ2) is 15.4. The summed E-state index contributed by atoms with van der Waals surface area (Å²) in [6.45, 7) is 14.2. The van der Waals surface area contributed by atoms with Gasteiger partial charge in [0.2, 0.25) is 0 Å². The van der Waals surface area contributed by atoms with Gasteiger partial charge in [-0.15, -0.1) is 0 Å². The molecule has 6 aliphatic carbocycles. The predicted octanol–water partition coefficient (Wildman–Crippen LogP) is 20.0. The quantitative estimate of drug-likeness (QED) is 0.167. The van der Waals surface area contributed by atoms with E-state index in [-0.39, 0.29) is 16.2 Å². The van der Waals surface area contributed by atoms with Crippen molar-refractivity contribution >= 4 is 55.6 Å². The summed E-state index contributed by atoms with van der Waals surface area (Å²) in [7, 11) is 0. The van der Waals surface area contributed by atoms with Gasteiger partial charge in [0.25, 0.3) is 0 Å². The van der Waals surface area contributed by atoms with Crippen LogP contribution >= 0.6 is 0 Å². The first-order valence-electron chi connectivity index (χ1n) is 29.1. The molecule has 7 aliphatic rings. The Balaban J connectivity index is 0.856. The summed E-state index contributed by atoms with van der Waals surface area (Å²) in [4.78, 5) is 2.48. The molecule has 0 saturated carbocycles. The molecule has 384 valence electrons. The Labute approximate surface area is 474 Å². The number of benzene rings is 10. The Morgan fingerprint density at radius 3 is 1.95 bits per heavy atom. The van der Waals surface area contributed by atoms with Crippen molar-refractivity contribution in [1.82, 2.24) is 4.57 Å². The van der Waals surface area contributed by atoms with Crippen LogP contribution in [0.15, 0.2) is 242 Å². The zero-order valence-electron chi connectivity index (χ0n) is 46.5. The van der Waals surface area contributed by atoms with Crippen LogP contribution in [-0.2, 0) is 16.2 Å². The monoisotopic (exact) mass is 1030 g/mol. The van der Waals surface area contributed by atoms with Gasteiger partial charge in [-0.05, 0) is 193 Å². The van der Waals surface area contributed by atoms with Gasteiger partial charge in [0.05, 0.1) is 27.8 Å². The van der Waals surface area contributed by atoms with Crippen LogP contribution in [0.5, 0.6) is 0 Å². The second-order valence-electron chi connectivity index (χ2n) is 25.4. The summed E-state index contributed by atoms with van der Waals surface area (Å²) in [5.74, 6) is 0. The van der Waals surface area contributed by atoms with E-state index in [1.165, 1.54) is 150 Å². The highest BCUT2D eigenvalue weighted by Gasteiger charge is 2.60. The number of aromatic nitrogens is 1. The highest BCUT2D eigenvalue weighted by molar-refractivity contribution is 6.16. The van der Waals surface area contributed by atoms with E-state index in [2.05, 4.69) is 282 Å². The van der Waals surface area contributed by atoms with E-state index < -0.39 is 5.41 Å². The second-order valence-corrected chi connectivity index (χ2v) is 25.4. The molecule has 0 radical (unpaired) electrons. The fourth-order valence-electron chi connectivity index (χ4n) is 16.9.